The maximum Gasteiger partial charge on any atom is 0.261 e. The first-order valence-electron chi connectivity index (χ1n) is 11.3. The quantitative estimate of drug-likeness (QED) is 0.354. The molecule has 5 rings (SSSR count). The van der Waals surface area contributed by atoms with E-state index in [1.807, 2.05) is 6.07 Å². The molecule has 0 atom stereocenters. The molecule has 1 fully saturated rings. The average Bonchev–Trinajstić information content (AvgIpc) is 3.54. The van der Waals surface area contributed by atoms with Crippen LogP contribution in [0.25, 0.3) is 11.0 Å². The van der Waals surface area contributed by atoms with Gasteiger partial charge in [0.2, 0.25) is 5.78 Å². The second kappa shape index (κ2) is 8.36. The molecule has 0 aliphatic heterocycles. The van der Waals surface area contributed by atoms with Crippen LogP contribution in [0, 0.1) is 6.92 Å². The lowest BCUT2D eigenvalue weighted by atomic mass is 9.94. The molecule has 1 saturated carbocycles. The molecule has 7 nitrogen and oxygen atoms in total. The minimum absolute atomic E-state index is 0.0431. The van der Waals surface area contributed by atoms with E-state index in [1.54, 1.807) is 55.8 Å². The molecule has 34 heavy (non-hydrogen) atoms. The summed E-state index contributed by atoms with van der Waals surface area (Å²) < 4.78 is 29.4. The number of ketones is 1. The van der Waals surface area contributed by atoms with Crippen molar-refractivity contribution < 1.29 is 13.2 Å². The van der Waals surface area contributed by atoms with Gasteiger partial charge in [-0.1, -0.05) is 19.9 Å². The van der Waals surface area contributed by atoms with Gasteiger partial charge in [-0.2, -0.15) is 0 Å². The van der Waals surface area contributed by atoms with E-state index in [0.717, 1.165) is 24.0 Å². The number of hydrogen-bond acceptors (Lipinski definition) is 5. The van der Waals surface area contributed by atoms with Gasteiger partial charge in [0.05, 0.1) is 10.6 Å². The number of nitrogens with zero attached hydrogens (tertiary/aromatic N) is 2. The van der Waals surface area contributed by atoms with Crippen LogP contribution in [0.2, 0.25) is 0 Å². The van der Waals surface area contributed by atoms with Gasteiger partial charge in [-0.15, -0.1) is 0 Å². The molecule has 0 amide bonds. The van der Waals surface area contributed by atoms with Crippen LogP contribution in [0.4, 0.5) is 5.69 Å². The molecule has 1 aliphatic carbocycles. The van der Waals surface area contributed by atoms with Crippen LogP contribution < -0.4 is 4.72 Å². The smallest absolute Gasteiger partial charge is 0.261 e. The first-order chi connectivity index (χ1) is 16.2. The summed E-state index contributed by atoms with van der Waals surface area (Å²) in [7, 11) is -3.94. The van der Waals surface area contributed by atoms with E-state index < -0.39 is 10.0 Å². The van der Waals surface area contributed by atoms with Crippen molar-refractivity contribution in [3.05, 3.63) is 82.9 Å². The number of anilines is 1. The van der Waals surface area contributed by atoms with E-state index in [9.17, 15) is 13.2 Å². The molecule has 1 aromatic carbocycles. The van der Waals surface area contributed by atoms with E-state index in [2.05, 4.69) is 33.5 Å². The lowest BCUT2D eigenvalue weighted by Gasteiger charge is -2.16. The Labute approximate surface area is 198 Å². The summed E-state index contributed by atoms with van der Waals surface area (Å²) in [6, 6.07) is 10.4. The Bertz CT molecular complexity index is 1520. The number of nitrogens with one attached hydrogen (secondary N) is 2. The number of fused-ring (bicyclic) bond motifs is 1. The fourth-order valence-electron chi connectivity index (χ4n) is 4.30. The van der Waals surface area contributed by atoms with Crippen molar-refractivity contribution in [2.45, 2.75) is 50.3 Å². The summed E-state index contributed by atoms with van der Waals surface area (Å²) >= 11 is 0. The van der Waals surface area contributed by atoms with Crippen LogP contribution in [0.1, 0.15) is 71.3 Å². The zero-order valence-corrected chi connectivity index (χ0v) is 20.1. The highest BCUT2D eigenvalue weighted by molar-refractivity contribution is 7.92. The highest BCUT2D eigenvalue weighted by Gasteiger charge is 2.29. The van der Waals surface area contributed by atoms with Crippen molar-refractivity contribution in [2.24, 2.45) is 0 Å². The van der Waals surface area contributed by atoms with E-state index in [0.29, 0.717) is 22.5 Å². The van der Waals surface area contributed by atoms with Crippen molar-refractivity contribution >= 4 is 32.5 Å². The first-order valence-corrected chi connectivity index (χ1v) is 12.8. The number of aryl methyl sites for hydroxylation is 1. The number of sulfonamides is 1. The highest BCUT2D eigenvalue weighted by Crippen LogP contribution is 2.44. The molecule has 0 radical (unpaired) electrons. The predicted molar refractivity (Wildman–Crippen MR) is 132 cm³/mol. The third-order valence-electron chi connectivity index (χ3n) is 6.20. The number of aromatic nitrogens is 3. The van der Waals surface area contributed by atoms with Crippen molar-refractivity contribution in [1.82, 2.24) is 15.0 Å². The molecule has 8 heteroatoms. The molecular formula is C26H26N4O3S. The normalized spacial score (nSPS) is 14.0. The number of rotatable bonds is 7. The van der Waals surface area contributed by atoms with Crippen molar-refractivity contribution in [3.63, 3.8) is 0 Å². The second-order valence-corrected chi connectivity index (χ2v) is 10.8. The van der Waals surface area contributed by atoms with Gasteiger partial charge >= 0.3 is 0 Å². The van der Waals surface area contributed by atoms with Gasteiger partial charge < -0.3 is 4.98 Å². The Kier molecular flexibility index (Phi) is 5.48. The van der Waals surface area contributed by atoms with Gasteiger partial charge in [0, 0.05) is 29.5 Å². The van der Waals surface area contributed by atoms with Crippen molar-refractivity contribution in [3.8, 4) is 0 Å². The molecule has 1 aliphatic rings. The van der Waals surface area contributed by atoms with Crippen molar-refractivity contribution in [2.75, 3.05) is 4.72 Å². The summed E-state index contributed by atoms with van der Waals surface area (Å²) in [6.45, 7) is 5.95. The van der Waals surface area contributed by atoms with Crippen LogP contribution >= 0.6 is 0 Å². The van der Waals surface area contributed by atoms with Gasteiger partial charge in [0.1, 0.15) is 11.3 Å². The third kappa shape index (κ3) is 4.09. The van der Waals surface area contributed by atoms with E-state index in [-0.39, 0.29) is 28.0 Å². The molecule has 3 heterocycles. The number of carbonyl (C=O) groups excluding carboxylic acids is 1. The summed E-state index contributed by atoms with van der Waals surface area (Å²) in [6.07, 6.45) is 7.10. The monoisotopic (exact) mass is 474 g/mol. The number of benzene rings is 1. The first kappa shape index (κ1) is 22.3. The Morgan fingerprint density at radius 3 is 2.65 bits per heavy atom. The maximum absolute atomic E-state index is 13.4. The largest absolute Gasteiger partial charge is 0.346 e. The van der Waals surface area contributed by atoms with E-state index in [1.165, 1.54) is 5.56 Å². The topological polar surface area (TPSA) is 105 Å². The predicted octanol–water partition coefficient (Wildman–Crippen LogP) is 5.30. The van der Waals surface area contributed by atoms with Crippen LogP contribution in [0.5, 0.6) is 0 Å². The molecule has 174 valence electrons. The van der Waals surface area contributed by atoms with Gasteiger partial charge in [-0.3, -0.25) is 14.5 Å². The van der Waals surface area contributed by atoms with Gasteiger partial charge in [-0.05, 0) is 78.6 Å². The zero-order valence-electron chi connectivity index (χ0n) is 19.3. The summed E-state index contributed by atoms with van der Waals surface area (Å²) in [5.41, 5.74) is 4.20. The molecule has 3 aromatic heterocycles. The summed E-state index contributed by atoms with van der Waals surface area (Å²) in [5.74, 6) is 0.355. The lowest BCUT2D eigenvalue weighted by Crippen LogP contribution is -2.18. The number of hydrogen-bond donors (Lipinski definition) is 2. The number of H-pyrrole nitrogens is 1. The van der Waals surface area contributed by atoms with Crippen molar-refractivity contribution in [1.29, 1.82) is 0 Å². The van der Waals surface area contributed by atoms with Crippen LogP contribution in [-0.2, 0) is 10.0 Å². The molecule has 0 unspecified atom stereocenters. The average molecular weight is 475 g/mol. The molecule has 4 aromatic rings. The minimum atomic E-state index is -3.94. The second-order valence-electron chi connectivity index (χ2n) is 9.16. The fourth-order valence-corrected chi connectivity index (χ4v) is 5.40. The van der Waals surface area contributed by atoms with E-state index >= 15 is 0 Å². The molecule has 0 spiro atoms. The van der Waals surface area contributed by atoms with Crippen LogP contribution in [0.3, 0.4) is 0 Å². The zero-order chi connectivity index (χ0) is 24.0. The fraction of sp³-hybridized carbons (Fsp3) is 0.269. The molecule has 0 bridgehead atoms. The van der Waals surface area contributed by atoms with Gasteiger partial charge in [0.25, 0.3) is 10.0 Å². The number of pyridine rings is 2. The standard InChI is InChI=1S/C26H26N4O3S/c1-15(2)22-13-18(6-7-19(22)17-4-5-17)34(32,33)30-23-12-16(3)14-29-24(23)25(31)20-8-10-27-26-21(20)9-11-28-26/h6-15,17,30H,4-5H2,1-3H3,(H,27,28). The Morgan fingerprint density at radius 1 is 1.12 bits per heavy atom. The SMILES string of the molecule is Cc1cnc(C(=O)c2ccnc3[nH]ccc23)c(NS(=O)(=O)c2ccc(C3CC3)c(C(C)C)c2)c1. The minimum Gasteiger partial charge on any atom is -0.346 e. The van der Waals surface area contributed by atoms with Gasteiger partial charge in [0.15, 0.2) is 0 Å². The van der Waals surface area contributed by atoms with Crippen LogP contribution in [-0.4, -0.2) is 29.2 Å². The Hall–Kier alpha value is -3.52. The summed E-state index contributed by atoms with van der Waals surface area (Å²) in [5, 5.41) is 0.654. The lowest BCUT2D eigenvalue weighted by molar-refractivity contribution is 0.103. The third-order valence-corrected chi connectivity index (χ3v) is 7.56. The number of aromatic amines is 1. The number of carbonyl (C=O) groups is 1. The summed E-state index contributed by atoms with van der Waals surface area (Å²) in [4.78, 5) is 25.1. The molecular weight excluding hydrogens is 448 g/mol. The molecule has 2 N–H and O–H groups in total. The molecule has 0 saturated heterocycles. The van der Waals surface area contributed by atoms with Crippen LogP contribution in [0.15, 0.2) is 59.9 Å². The Morgan fingerprint density at radius 2 is 1.91 bits per heavy atom. The Balaban J connectivity index is 1.54. The van der Waals surface area contributed by atoms with Gasteiger partial charge in [-0.25, -0.2) is 13.4 Å². The maximum atomic E-state index is 13.4. The van der Waals surface area contributed by atoms with E-state index in [4.69, 9.17) is 0 Å². The highest BCUT2D eigenvalue weighted by atomic mass is 32.2.